The van der Waals surface area contributed by atoms with Crippen LogP contribution >= 0.6 is 15.9 Å². The number of nitrogens with one attached hydrogen (secondary N) is 2. The fourth-order valence-electron chi connectivity index (χ4n) is 1.52. The number of rotatable bonds is 7. The maximum Gasteiger partial charge on any atom is 0.241 e. The van der Waals surface area contributed by atoms with Crippen LogP contribution in [-0.4, -0.2) is 27.4 Å². The number of benzene rings is 1. The second kappa shape index (κ2) is 7.77. The first-order valence-electron chi connectivity index (χ1n) is 6.54. The van der Waals surface area contributed by atoms with Gasteiger partial charge in [-0.05, 0) is 40.0 Å². The highest BCUT2D eigenvalue weighted by molar-refractivity contribution is 9.10. The number of hydrogen-bond acceptors (Lipinski definition) is 4. The molecule has 0 atom stereocenters. The van der Waals surface area contributed by atoms with Gasteiger partial charge in [-0.1, -0.05) is 13.8 Å². The standard InChI is InChI=1S/C13H20BrN3O3S/c1-9(2)8-16-13(18)5-6-17-21(19,20)12-4-3-10(15)7-11(12)14/h3-4,7,9,17H,5-6,8,15H2,1-2H3,(H,16,18). The Hall–Kier alpha value is -1.12. The van der Waals surface area contributed by atoms with Crippen molar-refractivity contribution in [3.63, 3.8) is 0 Å². The van der Waals surface area contributed by atoms with E-state index in [0.717, 1.165) is 0 Å². The Kier molecular flexibility index (Phi) is 6.63. The van der Waals surface area contributed by atoms with E-state index in [1.165, 1.54) is 18.2 Å². The summed E-state index contributed by atoms with van der Waals surface area (Å²) in [6, 6.07) is 4.44. The van der Waals surface area contributed by atoms with Crippen LogP contribution in [-0.2, 0) is 14.8 Å². The summed E-state index contributed by atoms with van der Waals surface area (Å²) in [4.78, 5) is 11.6. The van der Waals surface area contributed by atoms with E-state index in [1.807, 2.05) is 13.8 Å². The Morgan fingerprint density at radius 1 is 1.38 bits per heavy atom. The van der Waals surface area contributed by atoms with E-state index in [9.17, 15) is 13.2 Å². The van der Waals surface area contributed by atoms with Gasteiger partial charge in [0.2, 0.25) is 15.9 Å². The van der Waals surface area contributed by atoms with Crippen LogP contribution in [0.1, 0.15) is 20.3 Å². The van der Waals surface area contributed by atoms with Gasteiger partial charge in [0, 0.05) is 29.7 Å². The summed E-state index contributed by atoms with van der Waals surface area (Å²) in [5, 5.41) is 2.73. The number of amides is 1. The molecule has 0 saturated carbocycles. The van der Waals surface area contributed by atoms with Crippen LogP contribution in [0, 0.1) is 5.92 Å². The Morgan fingerprint density at radius 3 is 2.62 bits per heavy atom. The van der Waals surface area contributed by atoms with Gasteiger partial charge in [-0.25, -0.2) is 13.1 Å². The lowest BCUT2D eigenvalue weighted by atomic mass is 10.2. The van der Waals surface area contributed by atoms with E-state index < -0.39 is 10.0 Å². The fourth-order valence-corrected chi connectivity index (χ4v) is 3.64. The number of hydrogen-bond donors (Lipinski definition) is 3. The van der Waals surface area contributed by atoms with E-state index >= 15 is 0 Å². The Bertz CT molecular complexity index is 603. The van der Waals surface area contributed by atoms with Gasteiger partial charge in [0.25, 0.3) is 0 Å². The molecule has 0 radical (unpaired) electrons. The van der Waals surface area contributed by atoms with E-state index in [1.54, 1.807) is 0 Å². The lowest BCUT2D eigenvalue weighted by Crippen LogP contribution is -2.32. The van der Waals surface area contributed by atoms with Crippen LogP contribution in [0.15, 0.2) is 27.6 Å². The molecule has 0 fully saturated rings. The normalized spacial score (nSPS) is 11.6. The molecule has 4 N–H and O–H groups in total. The second-order valence-corrected chi connectivity index (χ2v) is 7.63. The van der Waals surface area contributed by atoms with E-state index in [0.29, 0.717) is 22.6 Å². The van der Waals surface area contributed by atoms with Crippen LogP contribution in [0.25, 0.3) is 0 Å². The topological polar surface area (TPSA) is 101 Å². The third kappa shape index (κ3) is 6.03. The summed E-state index contributed by atoms with van der Waals surface area (Å²) in [6.07, 6.45) is 0.0958. The molecule has 0 aliphatic rings. The Labute approximate surface area is 133 Å². The number of nitrogen functional groups attached to an aromatic ring is 1. The molecule has 118 valence electrons. The van der Waals surface area contributed by atoms with Gasteiger partial charge in [0.1, 0.15) is 0 Å². The van der Waals surface area contributed by atoms with Crippen LogP contribution in [0.3, 0.4) is 0 Å². The van der Waals surface area contributed by atoms with Crippen molar-refractivity contribution in [1.82, 2.24) is 10.0 Å². The highest BCUT2D eigenvalue weighted by atomic mass is 79.9. The maximum atomic E-state index is 12.1. The monoisotopic (exact) mass is 377 g/mol. The molecular weight excluding hydrogens is 358 g/mol. The van der Waals surface area contributed by atoms with Crippen molar-refractivity contribution in [1.29, 1.82) is 0 Å². The van der Waals surface area contributed by atoms with Crippen molar-refractivity contribution in [3.8, 4) is 0 Å². The van der Waals surface area contributed by atoms with Crippen LogP contribution in [0.2, 0.25) is 0 Å². The molecule has 1 amide bonds. The molecule has 0 aromatic heterocycles. The molecular formula is C13H20BrN3O3S. The van der Waals surface area contributed by atoms with Crippen LogP contribution < -0.4 is 15.8 Å². The molecule has 0 aliphatic carbocycles. The van der Waals surface area contributed by atoms with Crippen molar-refractivity contribution in [2.45, 2.75) is 25.2 Å². The summed E-state index contributed by atoms with van der Waals surface area (Å²) < 4.78 is 27.0. The molecule has 1 aromatic rings. The summed E-state index contributed by atoms with van der Waals surface area (Å²) in [6.45, 7) is 4.60. The lowest BCUT2D eigenvalue weighted by Gasteiger charge is -2.10. The number of carbonyl (C=O) groups is 1. The molecule has 0 unspecified atom stereocenters. The molecule has 0 spiro atoms. The SMILES string of the molecule is CC(C)CNC(=O)CCNS(=O)(=O)c1ccc(N)cc1Br. The van der Waals surface area contributed by atoms with Gasteiger partial charge in [0.15, 0.2) is 0 Å². The summed E-state index contributed by atoms with van der Waals surface area (Å²) in [5.41, 5.74) is 6.04. The van der Waals surface area contributed by atoms with E-state index in [2.05, 4.69) is 26.0 Å². The first-order chi connectivity index (χ1) is 9.72. The molecule has 21 heavy (non-hydrogen) atoms. The van der Waals surface area contributed by atoms with Crippen LogP contribution in [0.5, 0.6) is 0 Å². The lowest BCUT2D eigenvalue weighted by molar-refractivity contribution is -0.121. The van der Waals surface area contributed by atoms with Crippen LogP contribution in [0.4, 0.5) is 5.69 Å². The minimum atomic E-state index is -3.67. The zero-order chi connectivity index (χ0) is 16.0. The van der Waals surface area contributed by atoms with Gasteiger partial charge >= 0.3 is 0 Å². The van der Waals surface area contributed by atoms with Crippen molar-refractivity contribution < 1.29 is 13.2 Å². The highest BCUT2D eigenvalue weighted by Crippen LogP contribution is 2.23. The largest absolute Gasteiger partial charge is 0.399 e. The average molecular weight is 378 g/mol. The third-order valence-corrected chi connectivity index (χ3v) is 5.03. The summed E-state index contributed by atoms with van der Waals surface area (Å²) in [5.74, 6) is 0.180. The zero-order valence-electron chi connectivity index (χ0n) is 12.0. The molecule has 1 aromatic carbocycles. The average Bonchev–Trinajstić information content (AvgIpc) is 2.35. The minimum Gasteiger partial charge on any atom is -0.399 e. The second-order valence-electron chi connectivity index (χ2n) is 5.04. The number of carbonyl (C=O) groups excluding carboxylic acids is 1. The van der Waals surface area contributed by atoms with Crippen molar-refractivity contribution in [2.75, 3.05) is 18.8 Å². The van der Waals surface area contributed by atoms with Crippen molar-refractivity contribution >= 4 is 37.5 Å². The van der Waals surface area contributed by atoms with Gasteiger partial charge in [-0.2, -0.15) is 0 Å². The van der Waals surface area contributed by atoms with Crippen molar-refractivity contribution in [2.24, 2.45) is 5.92 Å². The first-order valence-corrected chi connectivity index (χ1v) is 8.81. The Morgan fingerprint density at radius 2 is 2.05 bits per heavy atom. The smallest absolute Gasteiger partial charge is 0.241 e. The van der Waals surface area contributed by atoms with Gasteiger partial charge in [-0.3, -0.25) is 4.79 Å². The minimum absolute atomic E-state index is 0.0447. The number of anilines is 1. The van der Waals surface area contributed by atoms with Gasteiger partial charge in [0.05, 0.1) is 4.90 Å². The predicted octanol–water partition coefficient (Wildman–Crippen LogP) is 1.47. The van der Waals surface area contributed by atoms with Gasteiger partial charge < -0.3 is 11.1 Å². The zero-order valence-corrected chi connectivity index (χ0v) is 14.4. The highest BCUT2D eigenvalue weighted by Gasteiger charge is 2.17. The maximum absolute atomic E-state index is 12.1. The van der Waals surface area contributed by atoms with Crippen molar-refractivity contribution in [3.05, 3.63) is 22.7 Å². The van der Waals surface area contributed by atoms with Gasteiger partial charge in [-0.15, -0.1) is 0 Å². The predicted molar refractivity (Wildman–Crippen MR) is 86.2 cm³/mol. The Balaban J connectivity index is 2.56. The number of sulfonamides is 1. The number of nitrogens with two attached hydrogens (primary N) is 1. The molecule has 0 heterocycles. The molecule has 0 bridgehead atoms. The quantitative estimate of drug-likeness (QED) is 0.626. The molecule has 1 rings (SSSR count). The molecule has 8 heteroatoms. The fraction of sp³-hybridized carbons (Fsp3) is 0.462. The van der Waals surface area contributed by atoms with E-state index in [4.69, 9.17) is 5.73 Å². The third-order valence-electron chi connectivity index (χ3n) is 2.60. The molecule has 0 saturated heterocycles. The first kappa shape index (κ1) is 17.9. The molecule has 6 nitrogen and oxygen atoms in total. The summed E-state index contributed by atoms with van der Waals surface area (Å²) >= 11 is 3.17. The number of halogens is 1. The molecule has 0 aliphatic heterocycles. The van der Waals surface area contributed by atoms with E-state index in [-0.39, 0.29) is 23.8 Å². The summed E-state index contributed by atoms with van der Waals surface area (Å²) in [7, 11) is -3.67.